The van der Waals surface area contributed by atoms with E-state index in [2.05, 4.69) is 15.5 Å². The molecule has 1 aromatic heterocycles. The number of nitro groups is 1. The monoisotopic (exact) mass is 382 g/mol. The van der Waals surface area contributed by atoms with Crippen LogP contribution in [-0.2, 0) is 0 Å². The summed E-state index contributed by atoms with van der Waals surface area (Å²) >= 11 is 0. The Kier molecular flexibility index (Phi) is 5.54. The molecule has 0 aliphatic heterocycles. The number of H-pyrrole nitrogens is 1. The average molecular weight is 382 g/mol. The van der Waals surface area contributed by atoms with Crippen molar-refractivity contribution < 1.29 is 19.2 Å². The molecule has 0 unspecified atom stereocenters. The van der Waals surface area contributed by atoms with Crippen molar-refractivity contribution in [2.45, 2.75) is 6.92 Å². The number of nitrogens with one attached hydrogen (secondary N) is 2. The van der Waals surface area contributed by atoms with Gasteiger partial charge in [0.15, 0.2) is 0 Å². The largest absolute Gasteiger partial charge is 0.497 e. The van der Waals surface area contributed by atoms with Crippen LogP contribution in [-0.4, -0.2) is 34.7 Å². The van der Waals surface area contributed by atoms with Gasteiger partial charge in [-0.05, 0) is 49.4 Å². The van der Waals surface area contributed by atoms with Crippen LogP contribution < -0.4 is 14.8 Å². The lowest BCUT2D eigenvalue weighted by Crippen LogP contribution is -2.13. The topological polar surface area (TPSA) is 119 Å². The molecule has 0 fully saturated rings. The number of hydrogen-bond acceptors (Lipinski definition) is 6. The number of nitrogens with zero attached hydrogens (tertiary/aromatic N) is 2. The van der Waals surface area contributed by atoms with Crippen molar-refractivity contribution in [1.29, 1.82) is 0 Å². The first-order valence-corrected chi connectivity index (χ1v) is 8.44. The Morgan fingerprint density at radius 1 is 1.18 bits per heavy atom. The van der Waals surface area contributed by atoms with Gasteiger partial charge in [-0.1, -0.05) is 0 Å². The third kappa shape index (κ3) is 4.09. The molecule has 9 nitrogen and oxygen atoms in total. The maximum absolute atomic E-state index is 12.5. The molecule has 2 N–H and O–H groups in total. The fraction of sp³-hybridized carbons (Fsp3) is 0.158. The number of aromatic nitrogens is 2. The van der Waals surface area contributed by atoms with Gasteiger partial charge in [0.05, 0.1) is 30.4 Å². The molecule has 0 radical (unpaired) electrons. The van der Waals surface area contributed by atoms with Crippen molar-refractivity contribution in [2.24, 2.45) is 0 Å². The third-order valence-electron chi connectivity index (χ3n) is 3.93. The highest BCUT2D eigenvalue weighted by Crippen LogP contribution is 2.29. The van der Waals surface area contributed by atoms with E-state index in [1.54, 1.807) is 38.3 Å². The van der Waals surface area contributed by atoms with E-state index in [1.807, 2.05) is 12.1 Å². The second-order valence-electron chi connectivity index (χ2n) is 5.72. The number of anilines is 1. The fourth-order valence-electron chi connectivity index (χ4n) is 2.56. The number of nitro benzene ring substituents is 1. The summed E-state index contributed by atoms with van der Waals surface area (Å²) in [5.41, 5.74) is 1.35. The van der Waals surface area contributed by atoms with Gasteiger partial charge in [-0.3, -0.25) is 20.0 Å². The molecule has 0 aliphatic rings. The van der Waals surface area contributed by atoms with Crippen molar-refractivity contribution in [3.05, 3.63) is 64.3 Å². The van der Waals surface area contributed by atoms with E-state index >= 15 is 0 Å². The Labute approximate surface area is 160 Å². The first-order chi connectivity index (χ1) is 13.5. The number of benzene rings is 2. The van der Waals surface area contributed by atoms with E-state index in [9.17, 15) is 14.9 Å². The number of rotatable bonds is 7. The van der Waals surface area contributed by atoms with Crippen LogP contribution in [0.2, 0.25) is 0 Å². The van der Waals surface area contributed by atoms with Crippen molar-refractivity contribution in [3.63, 3.8) is 0 Å². The summed E-state index contributed by atoms with van der Waals surface area (Å²) in [4.78, 5) is 23.2. The van der Waals surface area contributed by atoms with Gasteiger partial charge in [-0.15, -0.1) is 0 Å². The van der Waals surface area contributed by atoms with Gasteiger partial charge in [-0.2, -0.15) is 5.10 Å². The van der Waals surface area contributed by atoms with Gasteiger partial charge in [-0.25, -0.2) is 0 Å². The molecule has 0 atom stereocenters. The summed E-state index contributed by atoms with van der Waals surface area (Å²) in [6.07, 6.45) is 0. The van der Waals surface area contributed by atoms with Crippen LogP contribution in [0.25, 0.3) is 11.3 Å². The van der Waals surface area contributed by atoms with Crippen LogP contribution in [0.1, 0.15) is 17.4 Å². The smallest absolute Gasteiger partial charge is 0.296 e. The van der Waals surface area contributed by atoms with Crippen LogP contribution in [0.3, 0.4) is 0 Å². The normalized spacial score (nSPS) is 10.4. The number of carbonyl (C=O) groups is 1. The standard InChI is InChI=1S/C19H18N4O5/c1-3-28-14-8-9-15(18(10-14)23(25)26)20-19(24)17-11-16(21-22-17)12-4-6-13(27-2)7-5-12/h4-11H,3H2,1-2H3,(H,20,24)(H,21,22). The van der Waals surface area contributed by atoms with Gasteiger partial charge in [0.25, 0.3) is 11.6 Å². The SMILES string of the molecule is CCOc1ccc(NC(=O)c2cc(-c3ccc(OC)cc3)n[nH]2)c([N+](=O)[O-])c1. The molecule has 0 saturated heterocycles. The molecule has 3 rings (SSSR count). The Hall–Kier alpha value is -3.88. The van der Waals surface area contributed by atoms with E-state index in [0.29, 0.717) is 23.8 Å². The molecular formula is C19H18N4O5. The molecule has 3 aromatic rings. The summed E-state index contributed by atoms with van der Waals surface area (Å²) in [6, 6.07) is 13.0. The quantitative estimate of drug-likeness (QED) is 0.475. The minimum absolute atomic E-state index is 0.0686. The predicted octanol–water partition coefficient (Wildman–Crippen LogP) is 3.64. The van der Waals surface area contributed by atoms with E-state index in [0.717, 1.165) is 5.56 Å². The Balaban J connectivity index is 1.80. The number of hydrogen-bond donors (Lipinski definition) is 2. The number of amides is 1. The van der Waals surface area contributed by atoms with Crippen LogP contribution in [0.4, 0.5) is 11.4 Å². The Morgan fingerprint density at radius 2 is 1.89 bits per heavy atom. The minimum Gasteiger partial charge on any atom is -0.497 e. The first-order valence-electron chi connectivity index (χ1n) is 8.44. The first kappa shape index (κ1) is 18.9. The molecule has 144 valence electrons. The zero-order valence-electron chi connectivity index (χ0n) is 15.3. The second kappa shape index (κ2) is 8.21. The van der Waals surface area contributed by atoms with E-state index in [4.69, 9.17) is 9.47 Å². The highest BCUT2D eigenvalue weighted by molar-refractivity contribution is 6.04. The summed E-state index contributed by atoms with van der Waals surface area (Å²) < 4.78 is 10.4. The van der Waals surface area contributed by atoms with Crippen LogP contribution in [0, 0.1) is 10.1 Å². The number of carbonyl (C=O) groups excluding carboxylic acids is 1. The van der Waals surface area contributed by atoms with Crippen molar-refractivity contribution in [3.8, 4) is 22.8 Å². The van der Waals surface area contributed by atoms with Crippen molar-refractivity contribution in [1.82, 2.24) is 10.2 Å². The predicted molar refractivity (Wildman–Crippen MR) is 103 cm³/mol. The van der Waals surface area contributed by atoms with Crippen molar-refractivity contribution in [2.75, 3.05) is 19.0 Å². The maximum atomic E-state index is 12.5. The molecule has 0 spiro atoms. The lowest BCUT2D eigenvalue weighted by Gasteiger charge is -2.07. The highest BCUT2D eigenvalue weighted by atomic mass is 16.6. The summed E-state index contributed by atoms with van der Waals surface area (Å²) in [6.45, 7) is 2.16. The summed E-state index contributed by atoms with van der Waals surface area (Å²) in [5.74, 6) is 0.523. The van der Waals surface area contributed by atoms with Gasteiger partial charge in [0, 0.05) is 5.56 Å². The molecular weight excluding hydrogens is 364 g/mol. The van der Waals surface area contributed by atoms with Crippen molar-refractivity contribution >= 4 is 17.3 Å². The molecule has 0 aliphatic carbocycles. The van der Waals surface area contributed by atoms with E-state index in [-0.39, 0.29) is 17.1 Å². The molecule has 0 saturated carbocycles. The Bertz CT molecular complexity index is 998. The lowest BCUT2D eigenvalue weighted by atomic mass is 10.1. The van der Waals surface area contributed by atoms with Crippen LogP contribution >= 0.6 is 0 Å². The molecule has 0 bridgehead atoms. The number of methoxy groups -OCH3 is 1. The van der Waals surface area contributed by atoms with Crippen LogP contribution in [0.15, 0.2) is 48.5 Å². The van der Waals surface area contributed by atoms with Gasteiger partial charge < -0.3 is 14.8 Å². The summed E-state index contributed by atoms with van der Waals surface area (Å²) in [7, 11) is 1.58. The highest BCUT2D eigenvalue weighted by Gasteiger charge is 2.19. The maximum Gasteiger partial charge on any atom is 0.296 e. The van der Waals surface area contributed by atoms with Gasteiger partial charge in [0.1, 0.15) is 22.9 Å². The number of aromatic amines is 1. The Morgan fingerprint density at radius 3 is 2.54 bits per heavy atom. The fourth-order valence-corrected chi connectivity index (χ4v) is 2.56. The van der Waals surface area contributed by atoms with Crippen LogP contribution in [0.5, 0.6) is 11.5 Å². The second-order valence-corrected chi connectivity index (χ2v) is 5.72. The van der Waals surface area contributed by atoms with E-state index in [1.165, 1.54) is 12.1 Å². The molecule has 1 amide bonds. The third-order valence-corrected chi connectivity index (χ3v) is 3.93. The van der Waals surface area contributed by atoms with Gasteiger partial charge in [0.2, 0.25) is 0 Å². The number of ether oxygens (including phenoxy) is 2. The minimum atomic E-state index is -0.576. The van der Waals surface area contributed by atoms with Gasteiger partial charge >= 0.3 is 0 Å². The summed E-state index contributed by atoms with van der Waals surface area (Å²) in [5, 5.41) is 20.6. The zero-order valence-corrected chi connectivity index (χ0v) is 15.3. The molecule has 2 aromatic carbocycles. The lowest BCUT2D eigenvalue weighted by molar-refractivity contribution is -0.384. The molecule has 1 heterocycles. The molecule has 9 heteroatoms. The average Bonchev–Trinajstić information content (AvgIpc) is 3.19. The van der Waals surface area contributed by atoms with E-state index < -0.39 is 10.8 Å². The zero-order chi connectivity index (χ0) is 20.1. The molecule has 28 heavy (non-hydrogen) atoms.